The van der Waals surface area contributed by atoms with Crippen molar-refractivity contribution in [3.8, 4) is 0 Å². The minimum atomic E-state index is -3.07. The molecule has 3 atom stereocenters. The average Bonchev–Trinajstić information content (AvgIpc) is 2.89. The first-order valence-electron chi connectivity index (χ1n) is 7.05. The minimum absolute atomic E-state index is 0.147. The summed E-state index contributed by atoms with van der Waals surface area (Å²) >= 11 is 0. The smallest absolute Gasteiger partial charge is 0.259 e. The standard InChI is InChI=1S/C15H17F3N2O/c1-14(15(2,17)18)6-11-3-4-12(20(11)13(14)21)9-5-10(16)8-19-7-9/h5,7-8,11-12H,3-4,6H2,1-2H3/t11-,12+,14-/m1/s1. The number of hydrogen-bond acceptors (Lipinski definition) is 2. The van der Waals surface area contributed by atoms with Gasteiger partial charge in [-0.1, -0.05) is 0 Å². The molecule has 0 bridgehead atoms. The SMILES string of the molecule is CC(F)(F)[C@]1(C)C[C@H]2CC[C@@H](c3cncc(F)c3)N2C1=O. The molecule has 0 unspecified atom stereocenters. The number of halogens is 3. The second kappa shape index (κ2) is 4.45. The monoisotopic (exact) mass is 298 g/mol. The highest BCUT2D eigenvalue weighted by Crippen LogP contribution is 2.54. The first-order chi connectivity index (χ1) is 9.74. The molecule has 0 radical (unpaired) electrons. The summed E-state index contributed by atoms with van der Waals surface area (Å²) in [4.78, 5) is 17.9. The Bertz CT molecular complexity index is 587. The molecule has 3 nitrogen and oxygen atoms in total. The van der Waals surface area contributed by atoms with E-state index in [4.69, 9.17) is 0 Å². The van der Waals surface area contributed by atoms with Gasteiger partial charge >= 0.3 is 0 Å². The number of alkyl halides is 2. The number of fused-ring (bicyclic) bond motifs is 1. The molecule has 3 rings (SSSR count). The van der Waals surface area contributed by atoms with Gasteiger partial charge in [0.1, 0.15) is 11.2 Å². The lowest BCUT2D eigenvalue weighted by Crippen LogP contribution is -2.44. The molecule has 3 heterocycles. The summed E-state index contributed by atoms with van der Waals surface area (Å²) in [6.07, 6.45) is 4.06. The fourth-order valence-corrected chi connectivity index (χ4v) is 3.54. The van der Waals surface area contributed by atoms with Gasteiger partial charge in [-0.2, -0.15) is 0 Å². The van der Waals surface area contributed by atoms with E-state index in [0.29, 0.717) is 18.4 Å². The fourth-order valence-electron chi connectivity index (χ4n) is 3.54. The van der Waals surface area contributed by atoms with Crippen molar-refractivity contribution in [3.63, 3.8) is 0 Å². The van der Waals surface area contributed by atoms with Crippen LogP contribution in [0.2, 0.25) is 0 Å². The summed E-state index contributed by atoms with van der Waals surface area (Å²) in [5.74, 6) is -4.09. The second-order valence-corrected chi connectivity index (χ2v) is 6.32. The van der Waals surface area contributed by atoms with E-state index >= 15 is 0 Å². The molecule has 0 aliphatic carbocycles. The number of hydrogen-bond donors (Lipinski definition) is 0. The Balaban J connectivity index is 1.95. The Labute approximate surface area is 121 Å². The number of amides is 1. The van der Waals surface area contributed by atoms with Gasteiger partial charge in [0, 0.05) is 19.2 Å². The van der Waals surface area contributed by atoms with Crippen LogP contribution in [0.1, 0.15) is 44.7 Å². The van der Waals surface area contributed by atoms with Gasteiger partial charge in [-0.15, -0.1) is 0 Å². The van der Waals surface area contributed by atoms with Crippen LogP contribution in [-0.2, 0) is 4.79 Å². The molecule has 2 saturated heterocycles. The van der Waals surface area contributed by atoms with E-state index in [0.717, 1.165) is 13.1 Å². The first kappa shape index (κ1) is 14.4. The van der Waals surface area contributed by atoms with Crippen LogP contribution < -0.4 is 0 Å². The maximum absolute atomic E-state index is 13.8. The predicted molar refractivity (Wildman–Crippen MR) is 70.1 cm³/mol. The van der Waals surface area contributed by atoms with Crippen LogP contribution in [0.5, 0.6) is 0 Å². The highest BCUT2D eigenvalue weighted by atomic mass is 19.3. The van der Waals surface area contributed by atoms with E-state index in [1.54, 1.807) is 0 Å². The molecule has 0 saturated carbocycles. The van der Waals surface area contributed by atoms with Gasteiger partial charge in [-0.25, -0.2) is 13.2 Å². The largest absolute Gasteiger partial charge is 0.332 e. The molecule has 2 aliphatic rings. The quantitative estimate of drug-likeness (QED) is 0.839. The van der Waals surface area contributed by atoms with Crippen LogP contribution >= 0.6 is 0 Å². The number of aromatic nitrogens is 1. The van der Waals surface area contributed by atoms with E-state index in [1.165, 1.54) is 24.1 Å². The maximum Gasteiger partial charge on any atom is 0.259 e. The molecule has 0 spiro atoms. The molecule has 1 aromatic heterocycles. The third-order valence-corrected chi connectivity index (χ3v) is 4.93. The van der Waals surface area contributed by atoms with Crippen LogP contribution in [0.15, 0.2) is 18.5 Å². The van der Waals surface area contributed by atoms with Gasteiger partial charge in [0.25, 0.3) is 5.92 Å². The molecule has 0 aromatic carbocycles. The van der Waals surface area contributed by atoms with E-state index in [9.17, 15) is 18.0 Å². The Morgan fingerprint density at radius 2 is 2.10 bits per heavy atom. The summed E-state index contributed by atoms with van der Waals surface area (Å²) in [6, 6.07) is 0.782. The third kappa shape index (κ3) is 2.03. The van der Waals surface area contributed by atoms with Crippen molar-refractivity contribution < 1.29 is 18.0 Å². The van der Waals surface area contributed by atoms with E-state index in [-0.39, 0.29) is 18.5 Å². The van der Waals surface area contributed by atoms with Crippen LogP contribution in [-0.4, -0.2) is 27.8 Å². The summed E-state index contributed by atoms with van der Waals surface area (Å²) in [5.41, 5.74) is -1.09. The van der Waals surface area contributed by atoms with Gasteiger partial charge < -0.3 is 4.90 Å². The Hall–Kier alpha value is -1.59. The molecule has 21 heavy (non-hydrogen) atoms. The lowest BCUT2D eigenvalue weighted by Gasteiger charge is -2.31. The van der Waals surface area contributed by atoms with Crippen LogP contribution in [0.4, 0.5) is 13.2 Å². The summed E-state index contributed by atoms with van der Waals surface area (Å²) in [7, 11) is 0. The zero-order chi connectivity index (χ0) is 15.4. The Kier molecular flexibility index (Phi) is 3.04. The van der Waals surface area contributed by atoms with Crippen LogP contribution in [0.3, 0.4) is 0 Å². The molecule has 2 aliphatic heterocycles. The van der Waals surface area contributed by atoms with Gasteiger partial charge in [0.2, 0.25) is 5.91 Å². The number of nitrogens with zero attached hydrogens (tertiary/aromatic N) is 2. The highest BCUT2D eigenvalue weighted by Gasteiger charge is 2.62. The van der Waals surface area contributed by atoms with Crippen molar-refractivity contribution in [2.75, 3.05) is 0 Å². The van der Waals surface area contributed by atoms with E-state index < -0.39 is 23.1 Å². The molecular formula is C15H17F3N2O. The fraction of sp³-hybridized carbons (Fsp3) is 0.600. The van der Waals surface area contributed by atoms with Gasteiger partial charge in [-0.05, 0) is 37.8 Å². The zero-order valence-corrected chi connectivity index (χ0v) is 11.9. The molecule has 2 fully saturated rings. The summed E-state index contributed by atoms with van der Waals surface area (Å²) in [6.45, 7) is 2.13. The summed E-state index contributed by atoms with van der Waals surface area (Å²) < 4.78 is 41.0. The minimum Gasteiger partial charge on any atom is -0.332 e. The van der Waals surface area contributed by atoms with Gasteiger partial charge in [0.05, 0.1) is 12.2 Å². The maximum atomic E-state index is 13.8. The molecular weight excluding hydrogens is 281 g/mol. The zero-order valence-electron chi connectivity index (χ0n) is 11.9. The average molecular weight is 298 g/mol. The lowest BCUT2D eigenvalue weighted by atomic mass is 9.80. The topological polar surface area (TPSA) is 33.2 Å². The van der Waals surface area contributed by atoms with Gasteiger partial charge in [0.15, 0.2) is 0 Å². The van der Waals surface area contributed by atoms with Crippen molar-refractivity contribution >= 4 is 5.91 Å². The Morgan fingerprint density at radius 3 is 2.71 bits per heavy atom. The van der Waals surface area contributed by atoms with Crippen molar-refractivity contribution in [2.24, 2.45) is 5.41 Å². The normalized spacial score (nSPS) is 32.6. The van der Waals surface area contributed by atoms with Crippen molar-refractivity contribution in [1.29, 1.82) is 0 Å². The summed E-state index contributed by atoms with van der Waals surface area (Å²) in [5, 5.41) is 0. The van der Waals surface area contributed by atoms with E-state index in [2.05, 4.69) is 4.98 Å². The lowest BCUT2D eigenvalue weighted by molar-refractivity contribution is -0.156. The van der Waals surface area contributed by atoms with Crippen molar-refractivity contribution in [2.45, 2.75) is 51.1 Å². The third-order valence-electron chi connectivity index (χ3n) is 4.93. The molecule has 0 N–H and O–H groups in total. The number of carbonyl (C=O) groups is 1. The predicted octanol–water partition coefficient (Wildman–Crippen LogP) is 3.32. The first-order valence-corrected chi connectivity index (χ1v) is 7.05. The molecule has 1 aromatic rings. The Morgan fingerprint density at radius 1 is 1.38 bits per heavy atom. The van der Waals surface area contributed by atoms with Crippen molar-refractivity contribution in [1.82, 2.24) is 9.88 Å². The van der Waals surface area contributed by atoms with Crippen LogP contribution in [0.25, 0.3) is 0 Å². The van der Waals surface area contributed by atoms with Crippen molar-refractivity contribution in [3.05, 3.63) is 29.8 Å². The molecule has 6 heteroatoms. The molecule has 114 valence electrons. The van der Waals surface area contributed by atoms with Crippen LogP contribution in [0, 0.1) is 11.2 Å². The number of pyridine rings is 1. The van der Waals surface area contributed by atoms with E-state index in [1.807, 2.05) is 0 Å². The number of carbonyl (C=O) groups excluding carboxylic acids is 1. The second-order valence-electron chi connectivity index (χ2n) is 6.32. The van der Waals surface area contributed by atoms with Gasteiger partial charge in [-0.3, -0.25) is 9.78 Å². The highest BCUT2D eigenvalue weighted by molar-refractivity contribution is 5.87. The molecule has 1 amide bonds. The number of rotatable bonds is 2.